The molecule has 16 heavy (non-hydrogen) atoms. The van der Waals surface area contributed by atoms with E-state index in [0.717, 1.165) is 47.6 Å². The van der Waals surface area contributed by atoms with E-state index in [9.17, 15) is 5.11 Å². The summed E-state index contributed by atoms with van der Waals surface area (Å²) in [5.74, 6) is 0.792. The Morgan fingerprint density at radius 1 is 1.44 bits per heavy atom. The minimum Gasteiger partial charge on any atom is -0.508 e. The number of hydrogen-bond acceptors (Lipinski definition) is 2. The Kier molecular flexibility index (Phi) is 3.41. The van der Waals surface area contributed by atoms with Gasteiger partial charge >= 0.3 is 0 Å². The highest BCUT2D eigenvalue weighted by atomic mass is 35.5. The number of nitrogens with one attached hydrogen (secondary N) is 1. The third kappa shape index (κ3) is 2.04. The predicted molar refractivity (Wildman–Crippen MR) is 67.4 cm³/mol. The smallest absolute Gasteiger partial charge is 0.119 e. The number of benzene rings is 1. The van der Waals surface area contributed by atoms with Gasteiger partial charge in [0.15, 0.2) is 0 Å². The number of rotatable bonds is 1. The third-order valence-corrected chi connectivity index (χ3v) is 4.00. The van der Waals surface area contributed by atoms with E-state index in [1.54, 1.807) is 6.07 Å². The summed E-state index contributed by atoms with van der Waals surface area (Å²) in [5, 5.41) is 14.2. The molecule has 2 N–H and O–H groups in total. The molecule has 1 aromatic carbocycles. The van der Waals surface area contributed by atoms with Crippen molar-refractivity contribution >= 4 is 11.6 Å². The maximum absolute atomic E-state index is 10.1. The maximum atomic E-state index is 10.1. The second-order valence-corrected chi connectivity index (χ2v) is 4.99. The van der Waals surface area contributed by atoms with Crippen LogP contribution in [-0.4, -0.2) is 18.2 Å². The molecule has 2 nitrogen and oxygen atoms in total. The Balaban J connectivity index is 2.42. The molecule has 1 atom stereocenters. The Morgan fingerprint density at radius 2 is 2.19 bits per heavy atom. The van der Waals surface area contributed by atoms with Crippen molar-refractivity contribution in [2.75, 3.05) is 13.1 Å². The van der Waals surface area contributed by atoms with Crippen LogP contribution >= 0.6 is 11.6 Å². The summed E-state index contributed by atoms with van der Waals surface area (Å²) in [4.78, 5) is 0. The summed E-state index contributed by atoms with van der Waals surface area (Å²) < 4.78 is 0. The fraction of sp³-hybridized carbons (Fsp3) is 0.538. The molecule has 0 aromatic heterocycles. The van der Waals surface area contributed by atoms with Gasteiger partial charge in [0.25, 0.3) is 0 Å². The average molecular weight is 240 g/mol. The minimum atomic E-state index is 0.395. The van der Waals surface area contributed by atoms with E-state index in [4.69, 9.17) is 11.6 Å². The second-order valence-electron chi connectivity index (χ2n) is 4.61. The number of hydrogen-bond donors (Lipinski definition) is 2. The van der Waals surface area contributed by atoms with Crippen molar-refractivity contribution in [2.45, 2.75) is 32.6 Å². The van der Waals surface area contributed by atoms with Gasteiger partial charge in [0, 0.05) is 23.0 Å². The zero-order valence-corrected chi connectivity index (χ0v) is 10.6. The van der Waals surface area contributed by atoms with Crippen LogP contribution in [0.1, 0.15) is 35.4 Å². The molecule has 0 amide bonds. The molecule has 0 saturated carbocycles. The lowest BCUT2D eigenvalue weighted by Crippen LogP contribution is -2.28. The van der Waals surface area contributed by atoms with Gasteiger partial charge in [-0.1, -0.05) is 11.6 Å². The van der Waals surface area contributed by atoms with Gasteiger partial charge in [0.2, 0.25) is 0 Å². The largest absolute Gasteiger partial charge is 0.508 e. The Bertz CT molecular complexity index is 397. The summed E-state index contributed by atoms with van der Waals surface area (Å²) in [6.45, 7) is 5.95. The van der Waals surface area contributed by atoms with Crippen LogP contribution in [0.2, 0.25) is 5.02 Å². The first-order valence-corrected chi connectivity index (χ1v) is 6.18. The van der Waals surface area contributed by atoms with Crippen molar-refractivity contribution in [3.8, 4) is 5.75 Å². The normalized spacial score (nSPS) is 21.1. The zero-order valence-electron chi connectivity index (χ0n) is 9.81. The van der Waals surface area contributed by atoms with E-state index in [1.807, 2.05) is 13.8 Å². The monoisotopic (exact) mass is 239 g/mol. The molecule has 1 unspecified atom stereocenters. The van der Waals surface area contributed by atoms with E-state index in [2.05, 4.69) is 5.32 Å². The first-order chi connectivity index (χ1) is 7.61. The van der Waals surface area contributed by atoms with Gasteiger partial charge in [-0.3, -0.25) is 0 Å². The molecule has 1 aliphatic rings. The maximum Gasteiger partial charge on any atom is 0.119 e. The standard InChI is InChI=1S/C13H18ClNO/c1-8-6-11(16)12(9(2)13(8)14)10-4-3-5-15-7-10/h6,10,15-16H,3-5,7H2,1-2H3. The first kappa shape index (κ1) is 11.7. The molecule has 1 saturated heterocycles. The summed E-state index contributed by atoms with van der Waals surface area (Å²) in [6, 6.07) is 1.78. The van der Waals surface area contributed by atoms with Crippen molar-refractivity contribution in [2.24, 2.45) is 0 Å². The first-order valence-electron chi connectivity index (χ1n) is 5.80. The number of piperidine rings is 1. The second kappa shape index (κ2) is 4.64. The number of phenols is 1. The van der Waals surface area contributed by atoms with Crippen LogP contribution in [0.15, 0.2) is 6.07 Å². The molecule has 1 aromatic rings. The van der Waals surface area contributed by atoms with Crippen molar-refractivity contribution in [1.82, 2.24) is 5.32 Å². The molecule has 3 heteroatoms. The molecule has 2 rings (SSSR count). The molecular weight excluding hydrogens is 222 g/mol. The SMILES string of the molecule is Cc1cc(O)c(C2CCCNC2)c(C)c1Cl. The van der Waals surface area contributed by atoms with Gasteiger partial charge in [-0.2, -0.15) is 0 Å². The predicted octanol–water partition coefficient (Wildman–Crippen LogP) is 3.13. The van der Waals surface area contributed by atoms with Gasteiger partial charge in [-0.15, -0.1) is 0 Å². The average Bonchev–Trinajstić information content (AvgIpc) is 2.28. The van der Waals surface area contributed by atoms with Crippen LogP contribution in [0.5, 0.6) is 5.75 Å². The van der Waals surface area contributed by atoms with Crippen LogP contribution in [0, 0.1) is 13.8 Å². The number of aryl methyl sites for hydroxylation is 1. The van der Waals surface area contributed by atoms with Crippen LogP contribution in [0.3, 0.4) is 0 Å². The molecule has 0 bridgehead atoms. The lowest BCUT2D eigenvalue weighted by Gasteiger charge is -2.26. The zero-order chi connectivity index (χ0) is 11.7. The Morgan fingerprint density at radius 3 is 2.81 bits per heavy atom. The van der Waals surface area contributed by atoms with E-state index in [0.29, 0.717) is 11.7 Å². The molecular formula is C13H18ClNO. The summed E-state index contributed by atoms with van der Waals surface area (Å²) in [5.41, 5.74) is 3.01. The summed E-state index contributed by atoms with van der Waals surface area (Å²) in [6.07, 6.45) is 2.29. The molecule has 1 fully saturated rings. The van der Waals surface area contributed by atoms with Crippen molar-refractivity contribution in [1.29, 1.82) is 0 Å². The summed E-state index contributed by atoms with van der Waals surface area (Å²) >= 11 is 6.24. The van der Waals surface area contributed by atoms with Crippen LogP contribution in [0.4, 0.5) is 0 Å². The van der Waals surface area contributed by atoms with E-state index in [1.165, 1.54) is 0 Å². The lowest BCUT2D eigenvalue weighted by atomic mass is 9.87. The minimum absolute atomic E-state index is 0.395. The molecule has 0 radical (unpaired) electrons. The van der Waals surface area contributed by atoms with Crippen molar-refractivity contribution in [3.05, 3.63) is 27.8 Å². The van der Waals surface area contributed by atoms with E-state index in [-0.39, 0.29) is 0 Å². The number of phenolic OH excluding ortho intramolecular Hbond substituents is 1. The Hall–Kier alpha value is -0.730. The summed E-state index contributed by atoms with van der Waals surface area (Å²) in [7, 11) is 0. The van der Waals surface area contributed by atoms with Gasteiger partial charge in [-0.25, -0.2) is 0 Å². The van der Waals surface area contributed by atoms with Crippen LogP contribution < -0.4 is 5.32 Å². The van der Waals surface area contributed by atoms with Crippen LogP contribution in [-0.2, 0) is 0 Å². The van der Waals surface area contributed by atoms with Crippen molar-refractivity contribution < 1.29 is 5.11 Å². The lowest BCUT2D eigenvalue weighted by molar-refractivity contribution is 0.424. The third-order valence-electron chi connectivity index (χ3n) is 3.41. The highest BCUT2D eigenvalue weighted by Gasteiger charge is 2.22. The molecule has 1 heterocycles. The van der Waals surface area contributed by atoms with Gasteiger partial charge < -0.3 is 10.4 Å². The van der Waals surface area contributed by atoms with E-state index < -0.39 is 0 Å². The topological polar surface area (TPSA) is 32.3 Å². The quantitative estimate of drug-likeness (QED) is 0.789. The fourth-order valence-electron chi connectivity index (χ4n) is 2.57. The number of halogens is 1. The van der Waals surface area contributed by atoms with Gasteiger partial charge in [-0.05, 0) is 50.4 Å². The Labute approximate surface area is 102 Å². The van der Waals surface area contributed by atoms with Crippen molar-refractivity contribution in [3.63, 3.8) is 0 Å². The van der Waals surface area contributed by atoms with E-state index >= 15 is 0 Å². The van der Waals surface area contributed by atoms with Gasteiger partial charge in [0.1, 0.15) is 5.75 Å². The molecule has 1 aliphatic heterocycles. The molecule has 88 valence electrons. The highest BCUT2D eigenvalue weighted by Crippen LogP contribution is 2.38. The van der Waals surface area contributed by atoms with Gasteiger partial charge in [0.05, 0.1) is 0 Å². The number of aromatic hydroxyl groups is 1. The highest BCUT2D eigenvalue weighted by molar-refractivity contribution is 6.32. The molecule has 0 spiro atoms. The fourth-order valence-corrected chi connectivity index (χ4v) is 2.72. The van der Waals surface area contributed by atoms with Crippen LogP contribution in [0.25, 0.3) is 0 Å². The molecule has 0 aliphatic carbocycles.